The molecule has 7 nitrogen and oxygen atoms in total. The van der Waals surface area contributed by atoms with Crippen molar-refractivity contribution in [3.63, 3.8) is 0 Å². The van der Waals surface area contributed by atoms with Crippen molar-refractivity contribution in [1.82, 2.24) is 15.6 Å². The van der Waals surface area contributed by atoms with E-state index in [2.05, 4.69) is 15.6 Å². The van der Waals surface area contributed by atoms with E-state index in [-0.39, 0.29) is 35.9 Å². The number of carbonyl (C=O) groups is 1. The van der Waals surface area contributed by atoms with Crippen molar-refractivity contribution in [2.45, 2.75) is 6.04 Å². The molecule has 2 aliphatic rings. The topological polar surface area (TPSA) is 100 Å². The second-order valence-electron chi connectivity index (χ2n) is 4.50. The largest absolute Gasteiger partial charge is 0.358 e. The van der Waals surface area contributed by atoms with E-state index in [1.54, 1.807) is 0 Å². The highest BCUT2D eigenvalue weighted by molar-refractivity contribution is 5.93. The molecule has 8 heteroatoms. The molecule has 0 radical (unpaired) electrons. The molecule has 1 amide bonds. The molecule has 2 fully saturated rings. The van der Waals surface area contributed by atoms with Gasteiger partial charge >= 0.3 is 5.82 Å². The Bertz CT molecular complexity index is 479. The van der Waals surface area contributed by atoms with Gasteiger partial charge in [-0.3, -0.25) is 4.79 Å². The monoisotopic (exact) mass is 272 g/mol. The number of hydrogen-bond acceptors (Lipinski definition) is 4. The predicted octanol–water partition coefficient (Wildman–Crippen LogP) is 0.292. The number of H-pyrrole nitrogens is 1. The number of carbonyl (C=O) groups excluding carboxylic acids is 1. The Hall–Kier alpha value is -1.60. The van der Waals surface area contributed by atoms with Crippen LogP contribution in [0.1, 0.15) is 10.5 Å². The zero-order valence-corrected chi connectivity index (χ0v) is 10.2. The average Bonchev–Trinajstić information content (AvgIpc) is 2.82. The molecule has 2 heterocycles. The third kappa shape index (κ3) is 2.06. The zero-order chi connectivity index (χ0) is 12.0. The molecule has 2 atom stereocenters. The summed E-state index contributed by atoms with van der Waals surface area (Å²) in [5.41, 5.74) is 0.245. The smallest absolute Gasteiger partial charge is 0.321 e. The van der Waals surface area contributed by atoms with Gasteiger partial charge in [-0.05, 0) is 22.8 Å². The maximum Gasteiger partial charge on any atom is 0.321 e. The Morgan fingerprint density at radius 1 is 1.39 bits per heavy atom. The van der Waals surface area contributed by atoms with E-state index in [0.29, 0.717) is 11.8 Å². The van der Waals surface area contributed by atoms with E-state index in [1.165, 1.54) is 12.1 Å². The number of rotatable bonds is 3. The lowest BCUT2D eigenvalue weighted by Gasteiger charge is -2.04. The first-order valence-corrected chi connectivity index (χ1v) is 5.52. The van der Waals surface area contributed by atoms with Gasteiger partial charge in [-0.1, -0.05) is 0 Å². The number of piperidine rings is 1. The van der Waals surface area contributed by atoms with Crippen molar-refractivity contribution >= 4 is 24.1 Å². The number of aromatic nitrogens is 1. The fourth-order valence-electron chi connectivity index (χ4n) is 2.48. The number of nitrogens with zero attached hydrogens (tertiary/aromatic N) is 1. The Kier molecular flexibility index (Phi) is 3.27. The van der Waals surface area contributed by atoms with Gasteiger partial charge in [-0.2, -0.15) is 0 Å². The molecule has 1 aromatic rings. The summed E-state index contributed by atoms with van der Waals surface area (Å²) < 4.78 is 0. The fraction of sp³-hybridized carbons (Fsp3) is 0.500. The molecule has 0 bridgehead atoms. The van der Waals surface area contributed by atoms with Crippen LogP contribution in [-0.2, 0) is 0 Å². The molecule has 0 spiro atoms. The maximum absolute atomic E-state index is 11.8. The van der Waals surface area contributed by atoms with Crippen LogP contribution in [0.5, 0.6) is 0 Å². The van der Waals surface area contributed by atoms with Crippen LogP contribution in [0.15, 0.2) is 12.1 Å². The van der Waals surface area contributed by atoms with Crippen LogP contribution in [-0.4, -0.2) is 34.9 Å². The molecule has 1 aliphatic heterocycles. The van der Waals surface area contributed by atoms with Crippen molar-refractivity contribution in [3.8, 4) is 0 Å². The van der Waals surface area contributed by atoms with Crippen LogP contribution in [0.2, 0.25) is 0 Å². The van der Waals surface area contributed by atoms with Gasteiger partial charge in [0.1, 0.15) is 0 Å². The van der Waals surface area contributed by atoms with Gasteiger partial charge in [0, 0.05) is 25.2 Å². The normalized spacial score (nSPS) is 28.1. The van der Waals surface area contributed by atoms with Gasteiger partial charge in [-0.25, -0.2) is 4.98 Å². The quantitative estimate of drug-likeness (QED) is 0.544. The summed E-state index contributed by atoms with van der Waals surface area (Å²) in [4.78, 5) is 24.2. The molecule has 3 N–H and O–H groups in total. The number of aromatic amines is 1. The Morgan fingerprint density at radius 2 is 2.06 bits per heavy atom. The molecular weight excluding hydrogens is 260 g/mol. The van der Waals surface area contributed by atoms with Crippen molar-refractivity contribution in [2.24, 2.45) is 11.8 Å². The predicted molar refractivity (Wildman–Crippen MR) is 65.8 cm³/mol. The summed E-state index contributed by atoms with van der Waals surface area (Å²) in [6, 6.07) is 2.96. The number of nitrogens with one attached hydrogen (secondary N) is 3. The Balaban J connectivity index is 0.00000120. The maximum atomic E-state index is 11.8. The zero-order valence-electron chi connectivity index (χ0n) is 9.38. The second kappa shape index (κ2) is 4.58. The van der Waals surface area contributed by atoms with Crippen molar-refractivity contribution in [2.75, 3.05) is 13.1 Å². The van der Waals surface area contributed by atoms with Crippen LogP contribution in [0.25, 0.3) is 0 Å². The first-order chi connectivity index (χ1) is 8.16. The highest BCUT2D eigenvalue weighted by Gasteiger charge is 2.53. The molecule has 1 saturated heterocycles. The molecule has 3 rings (SSSR count). The van der Waals surface area contributed by atoms with Crippen LogP contribution in [0.3, 0.4) is 0 Å². The molecular formula is C10H13ClN4O3. The molecule has 18 heavy (non-hydrogen) atoms. The molecule has 0 aromatic carbocycles. The minimum absolute atomic E-state index is 0. The second-order valence-corrected chi connectivity index (χ2v) is 4.50. The highest BCUT2D eigenvalue weighted by atomic mass is 35.5. The van der Waals surface area contributed by atoms with E-state index >= 15 is 0 Å². The minimum Gasteiger partial charge on any atom is -0.358 e. The average molecular weight is 273 g/mol. The van der Waals surface area contributed by atoms with E-state index in [4.69, 9.17) is 0 Å². The van der Waals surface area contributed by atoms with Gasteiger partial charge in [0.2, 0.25) is 0 Å². The molecule has 2 unspecified atom stereocenters. The van der Waals surface area contributed by atoms with Gasteiger partial charge < -0.3 is 20.7 Å². The first-order valence-electron chi connectivity index (χ1n) is 5.52. The van der Waals surface area contributed by atoms with Gasteiger partial charge in [0.15, 0.2) is 5.69 Å². The van der Waals surface area contributed by atoms with Crippen molar-refractivity contribution in [3.05, 3.63) is 27.9 Å². The number of nitro groups is 1. The summed E-state index contributed by atoms with van der Waals surface area (Å²) in [6.07, 6.45) is 0. The first kappa shape index (κ1) is 12.8. The number of amides is 1. The van der Waals surface area contributed by atoms with Crippen LogP contribution in [0, 0.1) is 22.0 Å². The Labute approximate surface area is 109 Å². The fourth-order valence-corrected chi connectivity index (χ4v) is 2.48. The SMILES string of the molecule is Cl.O=C(NC1C2CNCC21)c1ccc([N+](=O)[O-])[nH]1. The van der Waals surface area contributed by atoms with Crippen molar-refractivity contribution < 1.29 is 9.72 Å². The molecule has 1 aromatic heterocycles. The third-order valence-electron chi connectivity index (χ3n) is 3.50. The summed E-state index contributed by atoms with van der Waals surface area (Å²) in [5, 5.41) is 16.6. The van der Waals surface area contributed by atoms with E-state index in [9.17, 15) is 14.9 Å². The Morgan fingerprint density at radius 3 is 2.61 bits per heavy atom. The minimum atomic E-state index is -0.549. The summed E-state index contributed by atoms with van der Waals surface area (Å²) >= 11 is 0. The molecule has 1 aliphatic carbocycles. The standard InChI is InChI=1S/C10H12N4O3.ClH/c15-10(7-1-2-8(12-7)14(16)17)13-9-5-3-11-4-6(5)9;/h1-2,5-6,9,11-12H,3-4H2,(H,13,15);1H. The summed E-state index contributed by atoms with van der Waals surface area (Å²) in [6.45, 7) is 1.89. The number of hydrogen-bond donors (Lipinski definition) is 3. The van der Waals surface area contributed by atoms with Gasteiger partial charge in [-0.15, -0.1) is 12.4 Å². The van der Waals surface area contributed by atoms with Gasteiger partial charge in [0.25, 0.3) is 5.91 Å². The van der Waals surface area contributed by atoms with E-state index < -0.39 is 4.92 Å². The lowest BCUT2D eigenvalue weighted by Crippen LogP contribution is -2.32. The number of halogens is 1. The summed E-state index contributed by atoms with van der Waals surface area (Å²) in [5.74, 6) is 0.637. The van der Waals surface area contributed by atoms with Crippen LogP contribution >= 0.6 is 12.4 Å². The third-order valence-corrected chi connectivity index (χ3v) is 3.50. The molecule has 1 saturated carbocycles. The lowest BCUT2D eigenvalue weighted by molar-refractivity contribution is -0.389. The van der Waals surface area contributed by atoms with Crippen LogP contribution in [0.4, 0.5) is 5.82 Å². The highest BCUT2D eigenvalue weighted by Crippen LogP contribution is 2.41. The van der Waals surface area contributed by atoms with Crippen molar-refractivity contribution in [1.29, 1.82) is 0 Å². The lowest BCUT2D eigenvalue weighted by atomic mass is 10.3. The summed E-state index contributed by atoms with van der Waals surface area (Å²) in [7, 11) is 0. The number of fused-ring (bicyclic) bond motifs is 1. The van der Waals surface area contributed by atoms with Gasteiger partial charge in [0.05, 0.1) is 0 Å². The van der Waals surface area contributed by atoms with E-state index in [1.807, 2.05) is 0 Å². The van der Waals surface area contributed by atoms with Crippen LogP contribution < -0.4 is 10.6 Å². The molecule has 98 valence electrons. The van der Waals surface area contributed by atoms with E-state index in [0.717, 1.165) is 13.1 Å².